The summed E-state index contributed by atoms with van der Waals surface area (Å²) in [7, 11) is 0. The third kappa shape index (κ3) is 7.48. The molecule has 0 fully saturated rings. The number of benzene rings is 1. The molecule has 6 nitrogen and oxygen atoms in total. The first-order chi connectivity index (χ1) is 11.4. The van der Waals surface area contributed by atoms with Crippen LogP contribution in [0.3, 0.4) is 0 Å². The summed E-state index contributed by atoms with van der Waals surface area (Å²) in [6.45, 7) is 6.69. The Morgan fingerprint density at radius 1 is 0.958 bits per heavy atom. The average molecular weight is 335 g/mol. The van der Waals surface area contributed by atoms with Gasteiger partial charge in [-0.2, -0.15) is 0 Å². The van der Waals surface area contributed by atoms with Gasteiger partial charge in [0.25, 0.3) is 5.91 Å². The molecule has 0 heterocycles. The molecule has 0 aliphatic heterocycles. The number of ether oxygens (including phenoxy) is 2. The van der Waals surface area contributed by atoms with Gasteiger partial charge >= 0.3 is 0 Å². The number of amides is 1. The molecule has 0 saturated carbocycles. The zero-order chi connectivity index (χ0) is 17.9. The van der Waals surface area contributed by atoms with Crippen molar-refractivity contribution >= 4 is 17.5 Å². The Labute approximate surface area is 142 Å². The second-order valence-corrected chi connectivity index (χ2v) is 5.72. The lowest BCUT2D eigenvalue weighted by Crippen LogP contribution is -2.27. The van der Waals surface area contributed by atoms with Gasteiger partial charge in [-0.15, -0.1) is 0 Å². The van der Waals surface area contributed by atoms with Crippen molar-refractivity contribution in [3.05, 3.63) is 35.4 Å². The van der Waals surface area contributed by atoms with Gasteiger partial charge in [-0.3, -0.25) is 14.4 Å². The first-order valence-electron chi connectivity index (χ1n) is 7.99. The zero-order valence-corrected chi connectivity index (χ0v) is 14.5. The molecule has 1 rings (SSSR count). The maximum absolute atomic E-state index is 12.0. The molecule has 1 aromatic carbocycles. The molecular formula is C18H25NO5. The molecule has 0 aliphatic carbocycles. The third-order valence-corrected chi connectivity index (χ3v) is 3.17. The molecule has 0 radical (unpaired) electrons. The molecule has 0 aliphatic rings. The lowest BCUT2D eigenvalue weighted by atomic mass is 10.00. The van der Waals surface area contributed by atoms with Crippen LogP contribution in [0.2, 0.25) is 0 Å². The lowest BCUT2D eigenvalue weighted by molar-refractivity contribution is -0.121. The molecule has 0 bridgehead atoms. The molecule has 6 heteroatoms. The molecule has 24 heavy (non-hydrogen) atoms. The Kier molecular flexibility index (Phi) is 8.89. The first kappa shape index (κ1) is 20.0. The van der Waals surface area contributed by atoms with Gasteiger partial charge in [-0.25, -0.2) is 0 Å². The quantitative estimate of drug-likeness (QED) is 0.493. The fourth-order valence-corrected chi connectivity index (χ4v) is 1.89. The van der Waals surface area contributed by atoms with Gasteiger partial charge in [-0.1, -0.05) is 26.0 Å². The number of hydrogen-bond donors (Lipinski definition) is 1. The molecule has 132 valence electrons. The standard InChI is InChI=1S/C18H25NO5/c1-13(2)17(21)15-4-6-16(7-5-15)18(22)19-8-9-23-10-11-24-12-14(3)20/h4-7,13H,8-12H2,1-3H3,(H,19,22). The van der Waals surface area contributed by atoms with Gasteiger partial charge < -0.3 is 14.8 Å². The van der Waals surface area contributed by atoms with E-state index in [1.54, 1.807) is 24.3 Å². The van der Waals surface area contributed by atoms with Gasteiger partial charge in [0.15, 0.2) is 11.6 Å². The Bertz CT molecular complexity index is 551. The fourth-order valence-electron chi connectivity index (χ4n) is 1.89. The van der Waals surface area contributed by atoms with Crippen LogP contribution in [0.25, 0.3) is 0 Å². The second kappa shape index (κ2) is 10.7. The van der Waals surface area contributed by atoms with E-state index >= 15 is 0 Å². The number of hydrogen-bond acceptors (Lipinski definition) is 5. The highest BCUT2D eigenvalue weighted by Gasteiger charge is 2.11. The largest absolute Gasteiger partial charge is 0.377 e. The highest BCUT2D eigenvalue weighted by Crippen LogP contribution is 2.10. The van der Waals surface area contributed by atoms with Crippen LogP contribution in [0.4, 0.5) is 0 Å². The van der Waals surface area contributed by atoms with Crippen LogP contribution in [0.1, 0.15) is 41.5 Å². The monoisotopic (exact) mass is 335 g/mol. The predicted octanol–water partition coefficient (Wildman–Crippen LogP) is 1.88. The van der Waals surface area contributed by atoms with E-state index in [2.05, 4.69) is 5.32 Å². The molecule has 1 aromatic rings. The first-order valence-corrected chi connectivity index (χ1v) is 7.99. The van der Waals surface area contributed by atoms with Crippen LogP contribution in [0.5, 0.6) is 0 Å². The van der Waals surface area contributed by atoms with Gasteiger partial charge in [0.1, 0.15) is 6.61 Å². The summed E-state index contributed by atoms with van der Waals surface area (Å²) in [5, 5.41) is 2.74. The smallest absolute Gasteiger partial charge is 0.251 e. The number of nitrogens with one attached hydrogen (secondary N) is 1. The Morgan fingerprint density at radius 2 is 1.54 bits per heavy atom. The van der Waals surface area contributed by atoms with Crippen molar-refractivity contribution in [1.29, 1.82) is 0 Å². The average Bonchev–Trinajstić information content (AvgIpc) is 2.56. The van der Waals surface area contributed by atoms with E-state index in [-0.39, 0.29) is 30.0 Å². The van der Waals surface area contributed by atoms with Crippen LogP contribution in [0, 0.1) is 5.92 Å². The highest BCUT2D eigenvalue weighted by atomic mass is 16.5. The number of carbonyl (C=O) groups excluding carboxylic acids is 3. The van der Waals surface area contributed by atoms with Crippen molar-refractivity contribution in [2.24, 2.45) is 5.92 Å². The molecular weight excluding hydrogens is 310 g/mol. The number of ketones is 2. The van der Waals surface area contributed by atoms with E-state index in [9.17, 15) is 14.4 Å². The van der Waals surface area contributed by atoms with E-state index in [4.69, 9.17) is 9.47 Å². The van der Waals surface area contributed by atoms with Gasteiger partial charge in [0.05, 0.1) is 19.8 Å². The maximum Gasteiger partial charge on any atom is 0.251 e. The summed E-state index contributed by atoms with van der Waals surface area (Å²) < 4.78 is 10.3. The molecule has 0 spiro atoms. The zero-order valence-electron chi connectivity index (χ0n) is 14.5. The predicted molar refractivity (Wildman–Crippen MR) is 90.3 cm³/mol. The topological polar surface area (TPSA) is 81.7 Å². The van der Waals surface area contributed by atoms with Crippen LogP contribution < -0.4 is 5.32 Å². The molecule has 1 amide bonds. The number of Topliss-reactive ketones (excluding diaryl/α,β-unsaturated/α-hetero) is 2. The summed E-state index contributed by atoms with van der Waals surface area (Å²) in [6, 6.07) is 6.61. The minimum absolute atomic E-state index is 0.0247. The van der Waals surface area contributed by atoms with E-state index in [0.717, 1.165) is 0 Å². The molecule has 0 unspecified atom stereocenters. The summed E-state index contributed by atoms with van der Waals surface area (Å²) >= 11 is 0. The summed E-state index contributed by atoms with van der Waals surface area (Å²) in [5.41, 5.74) is 1.11. The van der Waals surface area contributed by atoms with Crippen molar-refractivity contribution in [2.45, 2.75) is 20.8 Å². The van der Waals surface area contributed by atoms with E-state index in [1.807, 2.05) is 13.8 Å². The normalized spacial score (nSPS) is 10.7. The van der Waals surface area contributed by atoms with Crippen molar-refractivity contribution in [1.82, 2.24) is 5.32 Å². The van der Waals surface area contributed by atoms with Gasteiger partial charge in [-0.05, 0) is 19.1 Å². The third-order valence-electron chi connectivity index (χ3n) is 3.17. The van der Waals surface area contributed by atoms with E-state index in [1.165, 1.54) is 6.92 Å². The SMILES string of the molecule is CC(=O)COCCOCCNC(=O)c1ccc(C(=O)C(C)C)cc1. The van der Waals surface area contributed by atoms with Gasteiger partial charge in [0.2, 0.25) is 0 Å². The second-order valence-electron chi connectivity index (χ2n) is 5.72. The maximum atomic E-state index is 12.0. The van der Waals surface area contributed by atoms with Crippen molar-refractivity contribution in [3.63, 3.8) is 0 Å². The van der Waals surface area contributed by atoms with Crippen molar-refractivity contribution in [3.8, 4) is 0 Å². The van der Waals surface area contributed by atoms with Crippen LogP contribution >= 0.6 is 0 Å². The van der Waals surface area contributed by atoms with Crippen molar-refractivity contribution < 1.29 is 23.9 Å². The van der Waals surface area contributed by atoms with E-state index in [0.29, 0.717) is 37.5 Å². The lowest BCUT2D eigenvalue weighted by Gasteiger charge is -2.08. The minimum atomic E-state index is -0.213. The number of rotatable bonds is 11. The minimum Gasteiger partial charge on any atom is -0.377 e. The highest BCUT2D eigenvalue weighted by molar-refractivity contribution is 5.99. The Morgan fingerprint density at radius 3 is 2.12 bits per heavy atom. The van der Waals surface area contributed by atoms with Crippen LogP contribution in [-0.2, 0) is 14.3 Å². The Balaban J connectivity index is 2.23. The van der Waals surface area contributed by atoms with Crippen LogP contribution in [0.15, 0.2) is 24.3 Å². The number of carbonyl (C=O) groups is 3. The van der Waals surface area contributed by atoms with Crippen molar-refractivity contribution in [2.75, 3.05) is 33.0 Å². The van der Waals surface area contributed by atoms with Gasteiger partial charge in [0, 0.05) is 23.6 Å². The molecule has 0 saturated heterocycles. The van der Waals surface area contributed by atoms with E-state index < -0.39 is 0 Å². The molecule has 0 atom stereocenters. The fraction of sp³-hybridized carbons (Fsp3) is 0.500. The Hall–Kier alpha value is -2.05. The molecule has 0 aromatic heterocycles. The molecule has 1 N–H and O–H groups in total. The van der Waals surface area contributed by atoms with Crippen LogP contribution in [-0.4, -0.2) is 50.4 Å². The summed E-state index contributed by atoms with van der Waals surface area (Å²) in [5.74, 6) is -0.248. The summed E-state index contributed by atoms with van der Waals surface area (Å²) in [4.78, 5) is 34.4. The summed E-state index contributed by atoms with van der Waals surface area (Å²) in [6.07, 6.45) is 0.